The molecule has 1 amide bonds. The van der Waals surface area contributed by atoms with Crippen LogP contribution in [0.15, 0.2) is 0 Å². The van der Waals surface area contributed by atoms with Gasteiger partial charge in [0, 0.05) is 18.9 Å². The number of nitrogens with one attached hydrogen (secondary N) is 1. The second-order valence-corrected chi connectivity index (χ2v) is 5.60. The molecule has 0 radical (unpaired) electrons. The van der Waals surface area contributed by atoms with Crippen molar-refractivity contribution in [3.05, 3.63) is 0 Å². The maximum atomic E-state index is 11.9. The van der Waals surface area contributed by atoms with Crippen LogP contribution in [-0.2, 0) is 9.59 Å². The molecule has 0 aromatic carbocycles. The lowest BCUT2D eigenvalue weighted by Crippen LogP contribution is -2.34. The summed E-state index contributed by atoms with van der Waals surface area (Å²) in [7, 11) is 0. The summed E-state index contributed by atoms with van der Waals surface area (Å²) in [5.74, 6) is 1.32. The Morgan fingerprint density at radius 3 is 2.39 bits per heavy atom. The van der Waals surface area contributed by atoms with E-state index in [0.29, 0.717) is 13.0 Å². The summed E-state index contributed by atoms with van der Waals surface area (Å²) in [6.07, 6.45) is 8.83. The van der Waals surface area contributed by atoms with Gasteiger partial charge >= 0.3 is 0 Å². The zero-order valence-corrected chi connectivity index (χ0v) is 11.8. The maximum absolute atomic E-state index is 11.9. The third kappa shape index (κ3) is 5.65. The number of carbonyl (C=O) groups excluding carboxylic acids is 2. The molecule has 18 heavy (non-hydrogen) atoms. The summed E-state index contributed by atoms with van der Waals surface area (Å²) in [6, 6.07) is 0. The van der Waals surface area contributed by atoms with E-state index in [9.17, 15) is 9.59 Å². The largest absolute Gasteiger partial charge is 0.355 e. The van der Waals surface area contributed by atoms with E-state index in [4.69, 9.17) is 0 Å². The van der Waals surface area contributed by atoms with Crippen LogP contribution in [0.3, 0.4) is 0 Å². The molecule has 0 aromatic rings. The summed E-state index contributed by atoms with van der Waals surface area (Å²) in [5, 5.41) is 2.88. The topological polar surface area (TPSA) is 46.2 Å². The highest BCUT2D eigenvalue weighted by atomic mass is 16.2. The van der Waals surface area contributed by atoms with Gasteiger partial charge in [-0.2, -0.15) is 0 Å². The van der Waals surface area contributed by atoms with E-state index in [1.165, 1.54) is 32.1 Å². The van der Waals surface area contributed by atoms with Gasteiger partial charge in [-0.15, -0.1) is 0 Å². The number of hydrogen-bond acceptors (Lipinski definition) is 2. The van der Waals surface area contributed by atoms with Gasteiger partial charge < -0.3 is 5.32 Å². The Hall–Kier alpha value is -0.860. The van der Waals surface area contributed by atoms with E-state index >= 15 is 0 Å². The zero-order valence-electron chi connectivity index (χ0n) is 11.8. The third-order valence-electron chi connectivity index (χ3n) is 3.96. The van der Waals surface area contributed by atoms with Gasteiger partial charge in [0.25, 0.3) is 0 Å². The van der Waals surface area contributed by atoms with E-state index in [1.54, 1.807) is 6.92 Å². The Bertz CT molecular complexity index is 268. The molecule has 1 aliphatic carbocycles. The molecular formula is C15H27NO2. The number of Topliss-reactive ketones (excluding diaryl/α,β-unsaturated/α-hetero) is 1. The minimum atomic E-state index is 0.138. The van der Waals surface area contributed by atoms with Gasteiger partial charge in [0.05, 0.1) is 0 Å². The van der Waals surface area contributed by atoms with Gasteiger partial charge in [0.15, 0.2) is 0 Å². The normalized spacial score (nSPS) is 23.7. The highest BCUT2D eigenvalue weighted by molar-refractivity contribution is 5.80. The van der Waals surface area contributed by atoms with Crippen LogP contribution in [0.5, 0.6) is 0 Å². The van der Waals surface area contributed by atoms with Crippen LogP contribution in [0.1, 0.15) is 65.2 Å². The van der Waals surface area contributed by atoms with Crippen LogP contribution in [0.4, 0.5) is 0 Å². The lowest BCUT2D eigenvalue weighted by atomic mass is 9.79. The molecule has 1 rings (SSSR count). The molecule has 0 saturated heterocycles. The molecule has 3 heteroatoms. The molecule has 1 aliphatic rings. The van der Waals surface area contributed by atoms with Gasteiger partial charge in [0.2, 0.25) is 5.91 Å². The van der Waals surface area contributed by atoms with Gasteiger partial charge in [-0.05, 0) is 38.5 Å². The number of amides is 1. The smallest absolute Gasteiger partial charge is 0.223 e. The fraction of sp³-hybridized carbons (Fsp3) is 0.867. The van der Waals surface area contributed by atoms with E-state index < -0.39 is 0 Å². The van der Waals surface area contributed by atoms with Gasteiger partial charge in [0.1, 0.15) is 5.78 Å². The van der Waals surface area contributed by atoms with Crippen molar-refractivity contribution in [3.63, 3.8) is 0 Å². The van der Waals surface area contributed by atoms with Crippen molar-refractivity contribution < 1.29 is 9.59 Å². The Morgan fingerprint density at radius 1 is 1.17 bits per heavy atom. The zero-order chi connectivity index (χ0) is 13.4. The molecule has 0 bridgehead atoms. The Kier molecular flexibility index (Phi) is 6.99. The fourth-order valence-corrected chi connectivity index (χ4v) is 2.71. The van der Waals surface area contributed by atoms with Crippen molar-refractivity contribution in [1.29, 1.82) is 0 Å². The minimum Gasteiger partial charge on any atom is -0.355 e. The quantitative estimate of drug-likeness (QED) is 0.758. The molecule has 0 unspecified atom stereocenters. The van der Waals surface area contributed by atoms with Gasteiger partial charge in [-0.3, -0.25) is 9.59 Å². The predicted molar refractivity (Wildman–Crippen MR) is 73.3 cm³/mol. The maximum Gasteiger partial charge on any atom is 0.223 e. The van der Waals surface area contributed by atoms with E-state index in [0.717, 1.165) is 18.8 Å². The van der Waals surface area contributed by atoms with Gasteiger partial charge in [-0.1, -0.05) is 26.2 Å². The number of unbranched alkanes of at least 4 members (excludes halogenated alkanes) is 1. The molecule has 104 valence electrons. The first kappa shape index (κ1) is 15.2. The molecule has 3 nitrogen and oxygen atoms in total. The first-order chi connectivity index (χ1) is 8.63. The van der Waals surface area contributed by atoms with Crippen molar-refractivity contribution in [3.8, 4) is 0 Å². The van der Waals surface area contributed by atoms with E-state index in [1.807, 2.05) is 0 Å². The predicted octanol–water partition coefficient (Wildman–Crippen LogP) is 3.08. The summed E-state index contributed by atoms with van der Waals surface area (Å²) >= 11 is 0. The molecule has 0 spiro atoms. The Labute approximate surface area is 111 Å². The summed E-state index contributed by atoms with van der Waals surface area (Å²) in [6.45, 7) is 4.29. The van der Waals surface area contributed by atoms with Crippen molar-refractivity contribution in [1.82, 2.24) is 5.32 Å². The highest BCUT2D eigenvalue weighted by Crippen LogP contribution is 2.31. The fourth-order valence-electron chi connectivity index (χ4n) is 2.71. The van der Waals surface area contributed by atoms with Crippen LogP contribution < -0.4 is 5.32 Å². The standard InChI is InChI=1S/C15H27NO2/c1-3-4-5-13-6-8-14(9-7-13)15(18)16-11-10-12(2)17/h13-14H,3-11H2,1-2H3,(H,16,18). The molecule has 0 aromatic heterocycles. The molecule has 0 aliphatic heterocycles. The van der Waals surface area contributed by atoms with Crippen LogP contribution in [0.2, 0.25) is 0 Å². The average Bonchev–Trinajstić information content (AvgIpc) is 2.36. The molecule has 0 atom stereocenters. The lowest BCUT2D eigenvalue weighted by molar-refractivity contribution is -0.126. The first-order valence-electron chi connectivity index (χ1n) is 7.40. The van der Waals surface area contributed by atoms with Crippen LogP contribution in [0, 0.1) is 11.8 Å². The minimum absolute atomic E-state index is 0.138. The second kappa shape index (κ2) is 8.28. The lowest BCUT2D eigenvalue weighted by Gasteiger charge is -2.27. The molecule has 1 fully saturated rings. The van der Waals surface area contributed by atoms with Crippen LogP contribution in [-0.4, -0.2) is 18.2 Å². The van der Waals surface area contributed by atoms with Crippen LogP contribution >= 0.6 is 0 Å². The summed E-state index contributed by atoms with van der Waals surface area (Å²) in [4.78, 5) is 22.7. The van der Waals surface area contributed by atoms with E-state index in [2.05, 4.69) is 12.2 Å². The van der Waals surface area contributed by atoms with Crippen LogP contribution in [0.25, 0.3) is 0 Å². The number of hydrogen-bond donors (Lipinski definition) is 1. The highest BCUT2D eigenvalue weighted by Gasteiger charge is 2.25. The average molecular weight is 253 g/mol. The number of ketones is 1. The van der Waals surface area contributed by atoms with Crippen molar-refractivity contribution in [2.45, 2.75) is 65.2 Å². The van der Waals surface area contributed by atoms with E-state index in [-0.39, 0.29) is 17.6 Å². The number of carbonyl (C=O) groups is 2. The molecule has 0 heterocycles. The second-order valence-electron chi connectivity index (χ2n) is 5.60. The third-order valence-corrected chi connectivity index (χ3v) is 3.96. The molecule has 1 N–H and O–H groups in total. The summed E-state index contributed by atoms with van der Waals surface area (Å²) < 4.78 is 0. The van der Waals surface area contributed by atoms with Gasteiger partial charge in [-0.25, -0.2) is 0 Å². The van der Waals surface area contributed by atoms with Crippen molar-refractivity contribution >= 4 is 11.7 Å². The first-order valence-corrected chi connectivity index (χ1v) is 7.40. The SMILES string of the molecule is CCCCC1CCC(C(=O)NCCC(C)=O)CC1. The monoisotopic (exact) mass is 253 g/mol. The van der Waals surface area contributed by atoms with Crippen molar-refractivity contribution in [2.24, 2.45) is 11.8 Å². The van der Waals surface area contributed by atoms with Crippen molar-refractivity contribution in [2.75, 3.05) is 6.54 Å². The number of rotatable bonds is 7. The Morgan fingerprint density at radius 2 is 1.83 bits per heavy atom. The summed E-state index contributed by atoms with van der Waals surface area (Å²) in [5.41, 5.74) is 0. The molecule has 1 saturated carbocycles. The molecular weight excluding hydrogens is 226 g/mol. The Balaban J connectivity index is 2.17.